The van der Waals surface area contributed by atoms with Crippen LogP contribution in [0.1, 0.15) is 151 Å². The molecule has 19 atom stereocenters. The van der Waals surface area contributed by atoms with Gasteiger partial charge in [0, 0.05) is 41.2 Å². The van der Waals surface area contributed by atoms with E-state index < -0.39 is 0 Å². The van der Waals surface area contributed by atoms with E-state index in [4.69, 9.17) is 9.47 Å². The molecule has 0 amide bonds. The van der Waals surface area contributed by atoms with Crippen LogP contribution in [0.25, 0.3) is 0 Å². The minimum atomic E-state index is 0.289. The Morgan fingerprint density at radius 1 is 0.742 bits per heavy atom. The zero-order chi connectivity index (χ0) is 44.6. The third kappa shape index (κ3) is 6.82. The Kier molecular flexibility index (Phi) is 10.9. The highest BCUT2D eigenvalue weighted by molar-refractivity contribution is 5.48. The van der Waals surface area contributed by atoms with Crippen LogP contribution in [0.3, 0.4) is 0 Å². The van der Waals surface area contributed by atoms with E-state index in [0.29, 0.717) is 95.2 Å². The summed E-state index contributed by atoms with van der Waals surface area (Å²) in [5.74, 6) is 8.84. The highest BCUT2D eigenvalue weighted by Crippen LogP contribution is 2.67. The topological polar surface area (TPSA) is 24.9 Å². The SMILES string of the molecule is CC1=CCC(N(C2CC=CC3=C2OC2CCC=CC32)C2CC(C(C)C)C3=C4C2CC2C5C(C=C(N(C6C=CC(C)CC6)C6CCCC7C8CCCCC8OC76)C(C=C3)C45)CCC2(C)C)C=C1. The summed E-state index contributed by atoms with van der Waals surface area (Å²) >= 11 is 0. The third-order valence-electron chi connectivity index (χ3n) is 21.6. The van der Waals surface area contributed by atoms with Gasteiger partial charge in [-0.2, -0.15) is 0 Å². The summed E-state index contributed by atoms with van der Waals surface area (Å²) in [6.07, 6.45) is 54.5. The largest absolute Gasteiger partial charge is 0.492 e. The van der Waals surface area contributed by atoms with Crippen molar-refractivity contribution in [2.24, 2.45) is 76.4 Å². The molecule has 13 aliphatic rings. The van der Waals surface area contributed by atoms with Gasteiger partial charge in [0.05, 0.1) is 24.3 Å². The third-order valence-corrected chi connectivity index (χ3v) is 21.6. The molecular formula is C62H84N2O2. The lowest BCUT2D eigenvalue weighted by atomic mass is 9.43. The van der Waals surface area contributed by atoms with Gasteiger partial charge in [-0.15, -0.1) is 0 Å². The summed E-state index contributed by atoms with van der Waals surface area (Å²) in [4.78, 5) is 6.29. The molecule has 5 fully saturated rings. The van der Waals surface area contributed by atoms with E-state index in [1.54, 1.807) is 11.3 Å². The van der Waals surface area contributed by atoms with Crippen LogP contribution < -0.4 is 0 Å². The van der Waals surface area contributed by atoms with E-state index in [-0.39, 0.29) is 6.04 Å². The van der Waals surface area contributed by atoms with Gasteiger partial charge in [-0.25, -0.2) is 0 Å². The fourth-order valence-electron chi connectivity index (χ4n) is 18.5. The van der Waals surface area contributed by atoms with Gasteiger partial charge in [0.15, 0.2) is 0 Å². The number of rotatable bonds is 7. The molecule has 11 aliphatic carbocycles. The van der Waals surface area contributed by atoms with E-state index >= 15 is 0 Å². The molecule has 2 heterocycles. The van der Waals surface area contributed by atoms with Gasteiger partial charge in [0.25, 0.3) is 0 Å². The van der Waals surface area contributed by atoms with Crippen LogP contribution in [0.2, 0.25) is 0 Å². The minimum absolute atomic E-state index is 0.289. The van der Waals surface area contributed by atoms with Crippen molar-refractivity contribution >= 4 is 0 Å². The zero-order valence-corrected chi connectivity index (χ0v) is 41.7. The van der Waals surface area contributed by atoms with Crippen LogP contribution >= 0.6 is 0 Å². The molecule has 2 aliphatic heterocycles. The fourth-order valence-corrected chi connectivity index (χ4v) is 18.5. The van der Waals surface area contributed by atoms with E-state index in [0.717, 1.165) is 49.4 Å². The molecule has 0 radical (unpaired) electrons. The van der Waals surface area contributed by atoms with Crippen LogP contribution in [-0.2, 0) is 9.47 Å². The van der Waals surface area contributed by atoms with Crippen LogP contribution in [0, 0.1) is 76.4 Å². The lowest BCUT2D eigenvalue weighted by molar-refractivity contribution is -0.0743. The summed E-state index contributed by atoms with van der Waals surface area (Å²) < 4.78 is 14.7. The predicted octanol–water partition coefficient (Wildman–Crippen LogP) is 14.0. The van der Waals surface area contributed by atoms with Crippen molar-refractivity contribution in [2.75, 3.05) is 0 Å². The molecule has 1 saturated heterocycles. The fraction of sp³-hybridized carbons (Fsp3) is 0.710. The Labute approximate surface area is 399 Å². The predicted molar refractivity (Wildman–Crippen MR) is 269 cm³/mol. The molecule has 0 aromatic heterocycles. The maximum Gasteiger partial charge on any atom is 0.118 e. The maximum absolute atomic E-state index is 7.45. The van der Waals surface area contributed by atoms with Gasteiger partial charge in [0.2, 0.25) is 0 Å². The molecule has 19 unspecified atom stereocenters. The molecule has 4 nitrogen and oxygen atoms in total. The average molecular weight is 889 g/mol. The molecule has 0 aromatic rings. The quantitative estimate of drug-likeness (QED) is 0.238. The van der Waals surface area contributed by atoms with Crippen molar-refractivity contribution < 1.29 is 9.47 Å². The number of ether oxygens (including phenoxy) is 2. The number of nitrogens with zero attached hydrogens (tertiary/aromatic N) is 2. The Morgan fingerprint density at radius 3 is 2.45 bits per heavy atom. The maximum atomic E-state index is 7.45. The molecule has 0 N–H and O–H groups in total. The van der Waals surface area contributed by atoms with Crippen molar-refractivity contribution in [3.63, 3.8) is 0 Å². The highest BCUT2D eigenvalue weighted by atomic mass is 16.5. The lowest BCUT2D eigenvalue weighted by Crippen LogP contribution is -2.62. The Bertz CT molecular complexity index is 2210. The molecule has 0 spiro atoms. The average Bonchev–Trinajstić information content (AvgIpc) is 3.91. The minimum Gasteiger partial charge on any atom is -0.492 e. The second-order valence-electron chi connectivity index (χ2n) is 25.7. The van der Waals surface area contributed by atoms with Crippen molar-refractivity contribution in [3.05, 3.63) is 107 Å². The summed E-state index contributed by atoms with van der Waals surface area (Å²) in [6.45, 7) is 15.3. The van der Waals surface area contributed by atoms with E-state index in [9.17, 15) is 0 Å². The number of hydrogen-bond acceptors (Lipinski definition) is 4. The number of hydrogen-bond donors (Lipinski definition) is 0. The molecule has 4 saturated carbocycles. The first-order valence-electron chi connectivity index (χ1n) is 28.2. The standard InChI is InChI=1S/C62H84N2O2/c1-36(2)48-35-54(64(41-27-23-38(4)24-28-41)52-18-12-16-46-43-14-8-10-20-56(43)66-61(46)52)49-34-50-57-39(31-32-62(50,5)6)33-53(47-30-29-44(48)58(49)59(47)57)63(40-25-21-37(3)22-26-40)51-17-11-15-45-42-13-7-9-19-55(42)65-60(45)51/h8,12,14,16,21,23-25,27,29-30,33,36-37,39-43,45,47-52,54-57,59-60H,7,9-11,13,15,17-20,22,26,28,31-32,34-35H2,1-6H3. The second kappa shape index (κ2) is 16.7. The van der Waals surface area contributed by atoms with Gasteiger partial charge in [-0.05, 0) is 167 Å². The van der Waals surface area contributed by atoms with Crippen LogP contribution in [0.5, 0.6) is 0 Å². The van der Waals surface area contributed by atoms with E-state index in [1.165, 1.54) is 100 Å². The van der Waals surface area contributed by atoms with E-state index in [2.05, 4.69) is 124 Å². The second-order valence-corrected chi connectivity index (χ2v) is 25.7. The lowest BCUT2D eigenvalue weighted by Gasteiger charge is -2.64. The smallest absolute Gasteiger partial charge is 0.118 e. The molecular weight excluding hydrogens is 805 g/mol. The normalized spacial score (nSPS) is 46.9. The number of fused-ring (bicyclic) bond motifs is 5. The monoisotopic (exact) mass is 889 g/mol. The number of allylic oxidation sites excluding steroid dienone is 9. The summed E-state index contributed by atoms with van der Waals surface area (Å²) in [5.41, 5.74) is 8.70. The molecule has 13 rings (SSSR count). The zero-order valence-electron chi connectivity index (χ0n) is 41.7. The van der Waals surface area contributed by atoms with Crippen molar-refractivity contribution in [2.45, 2.75) is 199 Å². The van der Waals surface area contributed by atoms with Gasteiger partial charge in [0.1, 0.15) is 11.9 Å². The van der Waals surface area contributed by atoms with Gasteiger partial charge >= 0.3 is 0 Å². The summed E-state index contributed by atoms with van der Waals surface area (Å²) in [5, 5.41) is 0. The molecule has 354 valence electrons. The van der Waals surface area contributed by atoms with Crippen molar-refractivity contribution in [1.29, 1.82) is 0 Å². The summed E-state index contributed by atoms with van der Waals surface area (Å²) in [7, 11) is 0. The van der Waals surface area contributed by atoms with Gasteiger partial charge in [-0.3, -0.25) is 4.90 Å². The Hall–Kier alpha value is -2.82. The molecule has 66 heavy (non-hydrogen) atoms. The van der Waals surface area contributed by atoms with Crippen molar-refractivity contribution in [1.82, 2.24) is 9.80 Å². The Balaban J connectivity index is 0.941. The van der Waals surface area contributed by atoms with Crippen molar-refractivity contribution in [3.8, 4) is 0 Å². The summed E-state index contributed by atoms with van der Waals surface area (Å²) in [6, 6.07) is 2.11. The van der Waals surface area contributed by atoms with Gasteiger partial charge < -0.3 is 14.4 Å². The van der Waals surface area contributed by atoms with Crippen LogP contribution in [0.4, 0.5) is 0 Å². The molecule has 0 bridgehead atoms. The van der Waals surface area contributed by atoms with E-state index in [1.807, 2.05) is 5.57 Å². The van der Waals surface area contributed by atoms with Crippen LogP contribution in [0.15, 0.2) is 107 Å². The molecule has 4 heteroatoms. The van der Waals surface area contributed by atoms with Gasteiger partial charge in [-0.1, -0.05) is 138 Å². The molecule has 0 aromatic carbocycles. The Morgan fingerprint density at radius 2 is 1.62 bits per heavy atom. The first-order chi connectivity index (χ1) is 32.1. The van der Waals surface area contributed by atoms with Crippen LogP contribution in [-0.4, -0.2) is 58.3 Å². The first kappa shape index (κ1) is 43.2. The first-order valence-corrected chi connectivity index (χ1v) is 28.2. The highest BCUT2D eigenvalue weighted by Gasteiger charge is 2.62.